The monoisotopic (exact) mass is 1520 g/mol. The summed E-state index contributed by atoms with van der Waals surface area (Å²) in [7, 11) is 3.53. The van der Waals surface area contributed by atoms with Gasteiger partial charge in [-0.1, -0.05) is 19.0 Å². The van der Waals surface area contributed by atoms with Gasteiger partial charge in [-0.3, -0.25) is 33.6 Å². The Morgan fingerprint density at radius 3 is 0.877 bits per heavy atom. The third kappa shape index (κ3) is 18.2. The first-order chi connectivity index (χ1) is 50.0. The maximum atomic E-state index is 14.7. The van der Waals surface area contributed by atoms with E-state index in [1.807, 2.05) is 0 Å². The summed E-state index contributed by atoms with van der Waals surface area (Å²) in [5, 5.41) is 13.3. The molecule has 24 atom stereocenters. The van der Waals surface area contributed by atoms with Crippen LogP contribution in [0.3, 0.4) is 0 Å². The van der Waals surface area contributed by atoms with E-state index >= 15 is 0 Å². The van der Waals surface area contributed by atoms with E-state index in [1.54, 1.807) is 13.8 Å². The lowest BCUT2D eigenvalue weighted by Gasteiger charge is -2.48. The van der Waals surface area contributed by atoms with Gasteiger partial charge < -0.3 is 130 Å². The van der Waals surface area contributed by atoms with Gasteiger partial charge in [0.1, 0.15) is 61.7 Å². The highest BCUT2D eigenvalue weighted by atomic mass is 16.8. The SMILES string of the molecule is CC[C@@H](C)[C@@H](OC(C)=O)[C@@H]1OC(OC[C@@H](OC(C)=O)[C@@H](OC(C)=O)[C@@H]2OC(OC[C@@H](OC(C)=O)[C@@H](OC(C)=O)[C@@H]3OC(OC[C@@H](OC(C)=O)[C@@H](OC(C)=O)[C@@H]4OC(OCN=[N+]=[N-])(C(=O)OC)CC5OC(=O)N[C@H]54)(C(=O)OC)CC4OC(=O)N[C@H]43)(C(=O)OC)CC3OC(=O)N[C@H]32)(C(=O)OC)CC2OC(=O)N[C@H]21. The molecule has 45 nitrogen and oxygen atoms in total. The van der Waals surface area contributed by atoms with E-state index in [2.05, 4.69) is 31.3 Å². The molecule has 0 spiro atoms. The number of alkyl carbamates (subject to hydrolysis) is 4. The summed E-state index contributed by atoms with van der Waals surface area (Å²) in [4.78, 5) is 205. The van der Waals surface area contributed by atoms with Crippen LogP contribution >= 0.6 is 0 Å². The number of ether oxygens (including phenoxy) is 23. The Morgan fingerprint density at radius 1 is 0.415 bits per heavy atom. The van der Waals surface area contributed by atoms with Gasteiger partial charge >= 0.3 is 90.0 Å². The van der Waals surface area contributed by atoms with Crippen LogP contribution in [0.15, 0.2) is 5.11 Å². The molecule has 4 N–H and O–H groups in total. The largest absolute Gasteiger partial charge is 0.465 e. The fraction of sp³-hybridized carbons (Fsp3) is 0.754. The molecule has 0 aromatic rings. The average Bonchev–Trinajstić information content (AvgIpc) is 1.76. The minimum Gasteiger partial charge on any atom is -0.465 e. The van der Waals surface area contributed by atoms with E-state index in [0.717, 1.165) is 76.9 Å². The van der Waals surface area contributed by atoms with Gasteiger partial charge in [-0.15, -0.1) is 0 Å². The van der Waals surface area contributed by atoms with Crippen LogP contribution in [0, 0.1) is 5.92 Å². The molecule has 0 bridgehead atoms. The number of carbonyl (C=O) groups excluding carboxylic acids is 15. The Kier molecular flexibility index (Phi) is 26.4. The maximum Gasteiger partial charge on any atom is 0.407 e. The maximum absolute atomic E-state index is 14.7. The zero-order valence-corrected chi connectivity index (χ0v) is 59.3. The number of fused-ring (bicyclic) bond motifs is 4. The van der Waals surface area contributed by atoms with E-state index in [1.165, 1.54) is 0 Å². The number of hydrogen-bond donors (Lipinski definition) is 4. The van der Waals surface area contributed by atoms with Gasteiger partial charge in [0.05, 0.1) is 98.1 Å². The molecule has 0 saturated carbocycles. The van der Waals surface area contributed by atoms with Crippen molar-refractivity contribution in [2.75, 3.05) is 55.0 Å². The molecule has 8 fully saturated rings. The Bertz CT molecular complexity index is 3450. The molecule has 588 valence electrons. The summed E-state index contributed by atoms with van der Waals surface area (Å²) in [5.74, 6) is -25.3. The van der Waals surface area contributed by atoms with Gasteiger partial charge in [-0.2, -0.15) is 0 Å². The summed E-state index contributed by atoms with van der Waals surface area (Å²) in [6, 6.07) is -5.67. The highest BCUT2D eigenvalue weighted by Crippen LogP contribution is 2.45. The lowest BCUT2D eigenvalue weighted by atomic mass is 9.85. The zero-order valence-electron chi connectivity index (χ0n) is 59.3. The van der Waals surface area contributed by atoms with Gasteiger partial charge in [0.25, 0.3) is 23.1 Å². The summed E-state index contributed by atoms with van der Waals surface area (Å²) >= 11 is 0. The number of amides is 4. The van der Waals surface area contributed by atoms with Crippen molar-refractivity contribution in [3.63, 3.8) is 0 Å². The van der Waals surface area contributed by atoms with Crippen LogP contribution in [-0.4, -0.2) is 284 Å². The quantitative estimate of drug-likeness (QED) is 0.0194. The Labute approximate surface area is 600 Å². The third-order valence-corrected chi connectivity index (χ3v) is 18.0. The minimum atomic E-state index is -3.03. The number of nitrogens with one attached hydrogen (secondary N) is 4. The van der Waals surface area contributed by atoms with E-state index < -0.39 is 287 Å². The van der Waals surface area contributed by atoms with Gasteiger partial charge in [0.15, 0.2) is 36.6 Å². The summed E-state index contributed by atoms with van der Waals surface area (Å²) in [5.41, 5.74) is 9.06. The van der Waals surface area contributed by atoms with Crippen molar-refractivity contribution in [1.29, 1.82) is 0 Å². The van der Waals surface area contributed by atoms with Gasteiger partial charge in [-0.05, 0) is 17.9 Å². The van der Waals surface area contributed by atoms with Gasteiger partial charge in [-0.25, -0.2) is 38.4 Å². The molecule has 8 aliphatic heterocycles. The third-order valence-electron chi connectivity index (χ3n) is 18.0. The fourth-order valence-electron chi connectivity index (χ4n) is 13.6. The van der Waals surface area contributed by atoms with E-state index in [-0.39, 0.29) is 0 Å². The Hall–Kier alpha value is -9.76. The molecular weight excluding hydrogens is 1440 g/mol. The van der Waals surface area contributed by atoms with Crippen molar-refractivity contribution < 1.29 is 181 Å². The van der Waals surface area contributed by atoms with Crippen LogP contribution in [0.5, 0.6) is 0 Å². The fourth-order valence-corrected chi connectivity index (χ4v) is 13.6. The molecule has 8 heterocycles. The van der Waals surface area contributed by atoms with Crippen molar-refractivity contribution in [1.82, 2.24) is 21.3 Å². The van der Waals surface area contributed by atoms with Crippen LogP contribution in [-0.2, 0) is 162 Å². The van der Waals surface area contributed by atoms with Crippen molar-refractivity contribution in [3.05, 3.63) is 10.4 Å². The van der Waals surface area contributed by atoms with Crippen LogP contribution in [0.1, 0.15) is 94.4 Å². The van der Waals surface area contributed by atoms with Crippen molar-refractivity contribution in [2.24, 2.45) is 11.0 Å². The zero-order chi connectivity index (χ0) is 78.1. The second-order valence-electron chi connectivity index (χ2n) is 25.1. The first-order valence-corrected chi connectivity index (χ1v) is 32.7. The molecule has 0 radical (unpaired) electrons. The topological polar surface area (TPSA) is 565 Å². The molecule has 4 amide bonds. The van der Waals surface area contributed by atoms with E-state index in [9.17, 15) is 71.9 Å². The highest BCUT2D eigenvalue weighted by molar-refractivity contribution is 5.82. The number of hydrogen-bond acceptors (Lipinski definition) is 39. The number of carbonyl (C=O) groups is 15. The van der Waals surface area contributed by atoms with Crippen LogP contribution in [0.2, 0.25) is 0 Å². The lowest BCUT2D eigenvalue weighted by Crippen LogP contribution is -2.68. The van der Waals surface area contributed by atoms with Crippen molar-refractivity contribution in [2.45, 2.75) is 233 Å². The molecule has 8 rings (SSSR count). The number of azide groups is 1. The molecule has 8 unspecified atom stereocenters. The summed E-state index contributed by atoms with van der Waals surface area (Å²) in [6.45, 7) is 5.33. The normalized spacial score (nSPS) is 32.4. The Balaban J connectivity index is 1.17. The molecule has 8 aliphatic rings. The standard InChI is InChI=1S/C61H81N7O38/c1-14-23(2)42(95-27(6)72)46-38-31(99-54(80)64-38)15-58(103-46,50(76)84-10)88-19-35(92-24(3)69)43(96-28(7)73)47-39-32(100-55(81)65-39)16-59(104-47,51(77)85-11)89-20-36(93-25(4)70)44(97-29(8)74)48-40-33(101-56(82)66-40)17-60(105-48,52(78)86-12)90-21-37(94-26(5)71)45(98-30(9)75)49-41-34(102-57(83)67-41)18-61(106-49,53(79)87-13)91-22-63-68-62/h23,31-49H,14-22H2,1-13H3,(H,64,80)(H,65,81)(H,66,82)(H,67,83)/t23-,31?,32?,33?,34?,35-,36-,37-,38-,39-,40-,41-,42-,43-,44-,45-,46-,47-,48-,49-,58?,59?,60?,61?/m1/s1. The van der Waals surface area contributed by atoms with Crippen LogP contribution in [0.25, 0.3) is 10.4 Å². The smallest absolute Gasteiger partial charge is 0.407 e. The van der Waals surface area contributed by atoms with Crippen molar-refractivity contribution in [3.8, 4) is 0 Å². The van der Waals surface area contributed by atoms with E-state index in [4.69, 9.17) is 114 Å². The molecule has 0 aliphatic carbocycles. The summed E-state index contributed by atoms with van der Waals surface area (Å²) < 4.78 is 133. The predicted octanol–water partition coefficient (Wildman–Crippen LogP) is -1.57. The van der Waals surface area contributed by atoms with Gasteiger partial charge in [0.2, 0.25) is 0 Å². The van der Waals surface area contributed by atoms with Crippen LogP contribution < -0.4 is 21.3 Å². The molecule has 8 saturated heterocycles. The summed E-state index contributed by atoms with van der Waals surface area (Å²) in [6.07, 6.45) is -34.7. The lowest BCUT2D eigenvalue weighted by molar-refractivity contribution is -0.330. The minimum absolute atomic E-state index is 0.351. The molecule has 0 aromatic carbocycles. The van der Waals surface area contributed by atoms with Gasteiger partial charge in [0, 0.05) is 53.4 Å². The van der Waals surface area contributed by atoms with Crippen molar-refractivity contribution >= 4 is 90.0 Å². The first-order valence-electron chi connectivity index (χ1n) is 32.7. The number of nitrogens with zero attached hydrogens (tertiary/aromatic N) is 3. The number of esters is 11. The Morgan fingerprint density at radius 2 is 0.651 bits per heavy atom. The average molecular weight is 1520 g/mol. The molecular formula is C61H81N7O38. The number of methoxy groups -OCH3 is 4. The second-order valence-corrected chi connectivity index (χ2v) is 25.1. The number of rotatable bonds is 32. The first kappa shape index (κ1) is 81.9. The molecule has 106 heavy (non-hydrogen) atoms. The van der Waals surface area contributed by atoms with Crippen LogP contribution in [0.4, 0.5) is 19.2 Å². The second kappa shape index (κ2) is 34.2. The highest BCUT2D eigenvalue weighted by Gasteiger charge is 2.67. The predicted molar refractivity (Wildman–Crippen MR) is 327 cm³/mol. The molecule has 45 heteroatoms. The van der Waals surface area contributed by atoms with E-state index in [0.29, 0.717) is 6.42 Å². The molecule has 0 aromatic heterocycles.